The Kier molecular flexibility index (Phi) is 9.97. The monoisotopic (exact) mass is 489 g/mol. The molecule has 0 amide bonds. The van der Waals surface area contributed by atoms with E-state index in [1.54, 1.807) is 32.1 Å². The van der Waals surface area contributed by atoms with Crippen LogP contribution in [0.3, 0.4) is 0 Å². The van der Waals surface area contributed by atoms with Crippen molar-refractivity contribution in [1.82, 2.24) is 4.98 Å². The van der Waals surface area contributed by atoms with Crippen molar-refractivity contribution in [3.8, 4) is 0 Å². The molecule has 0 aromatic carbocycles. The van der Waals surface area contributed by atoms with Gasteiger partial charge in [0.15, 0.2) is 0 Å². The molecular formula is C27H39NO5S. The van der Waals surface area contributed by atoms with Gasteiger partial charge in [-0.2, -0.15) is 0 Å². The van der Waals surface area contributed by atoms with Crippen LogP contribution in [0.25, 0.3) is 6.08 Å². The van der Waals surface area contributed by atoms with Gasteiger partial charge in [-0.1, -0.05) is 51.5 Å². The second kappa shape index (κ2) is 12.0. The van der Waals surface area contributed by atoms with Gasteiger partial charge < -0.3 is 14.9 Å². The van der Waals surface area contributed by atoms with Crippen molar-refractivity contribution >= 4 is 29.2 Å². The van der Waals surface area contributed by atoms with Crippen LogP contribution in [0.2, 0.25) is 0 Å². The zero-order valence-electron chi connectivity index (χ0n) is 21.4. The van der Waals surface area contributed by atoms with Crippen LogP contribution in [0, 0.1) is 24.2 Å². The van der Waals surface area contributed by atoms with E-state index in [4.69, 9.17) is 4.74 Å². The highest BCUT2D eigenvalue weighted by molar-refractivity contribution is 7.09. The number of Topliss-reactive ketones (excluding diaryl/α,β-unsaturated/α-hetero) is 1. The summed E-state index contributed by atoms with van der Waals surface area (Å²) in [6.07, 6.45) is 6.13. The molecule has 2 N–H and O–H groups in total. The van der Waals surface area contributed by atoms with Crippen LogP contribution in [0.15, 0.2) is 34.8 Å². The predicted molar refractivity (Wildman–Crippen MR) is 136 cm³/mol. The van der Waals surface area contributed by atoms with Crippen LogP contribution in [0.1, 0.15) is 71.5 Å². The van der Waals surface area contributed by atoms with Gasteiger partial charge in [0.1, 0.15) is 11.9 Å². The third-order valence-corrected chi connectivity index (χ3v) is 7.44. The maximum Gasteiger partial charge on any atom is 0.309 e. The number of thiazole rings is 1. The summed E-state index contributed by atoms with van der Waals surface area (Å²) in [4.78, 5) is 30.4. The molecule has 1 aliphatic heterocycles. The molecular weight excluding hydrogens is 450 g/mol. The van der Waals surface area contributed by atoms with Crippen molar-refractivity contribution in [2.24, 2.45) is 17.3 Å². The summed E-state index contributed by atoms with van der Waals surface area (Å²) in [6.45, 7) is 12.6. The lowest BCUT2D eigenvalue weighted by molar-refractivity contribution is -0.154. The minimum absolute atomic E-state index is 0.225. The Balaban J connectivity index is 2.37. The summed E-state index contributed by atoms with van der Waals surface area (Å²) >= 11 is 1.56. The average Bonchev–Trinajstić information content (AvgIpc) is 3.18. The van der Waals surface area contributed by atoms with Crippen LogP contribution in [0.4, 0.5) is 0 Å². The average molecular weight is 490 g/mol. The number of ketones is 1. The Hall–Kier alpha value is -2.09. The van der Waals surface area contributed by atoms with Crippen molar-refractivity contribution in [3.63, 3.8) is 0 Å². The van der Waals surface area contributed by atoms with Gasteiger partial charge in [0.25, 0.3) is 0 Å². The molecule has 5 unspecified atom stereocenters. The lowest BCUT2D eigenvalue weighted by Crippen LogP contribution is -2.45. The van der Waals surface area contributed by atoms with Crippen LogP contribution < -0.4 is 0 Å². The molecule has 0 spiro atoms. The minimum Gasteiger partial charge on any atom is -0.457 e. The number of allylic oxidation sites excluding steroid dienone is 2. The molecule has 6 nitrogen and oxygen atoms in total. The number of aliphatic hydroxyl groups is 2. The number of rotatable bonds is 2. The van der Waals surface area contributed by atoms with Crippen molar-refractivity contribution in [3.05, 3.63) is 45.5 Å². The van der Waals surface area contributed by atoms with E-state index in [1.165, 1.54) is 0 Å². The van der Waals surface area contributed by atoms with Gasteiger partial charge in [-0.15, -0.1) is 11.3 Å². The molecule has 1 aromatic heterocycles. The third kappa shape index (κ3) is 7.45. The zero-order valence-corrected chi connectivity index (χ0v) is 22.2. The summed E-state index contributed by atoms with van der Waals surface area (Å²) < 4.78 is 5.79. The van der Waals surface area contributed by atoms with E-state index in [1.807, 2.05) is 57.4 Å². The lowest BCUT2D eigenvalue weighted by Gasteiger charge is -2.34. The molecule has 0 saturated carbocycles. The number of carbonyl (C=O) groups is 2. The van der Waals surface area contributed by atoms with Gasteiger partial charge in [0, 0.05) is 23.6 Å². The highest BCUT2D eigenvalue weighted by Crippen LogP contribution is 2.31. The normalized spacial score (nSPS) is 32.6. The minimum atomic E-state index is -1.23. The topological polar surface area (TPSA) is 96.7 Å². The van der Waals surface area contributed by atoms with Gasteiger partial charge in [-0.3, -0.25) is 9.59 Å². The van der Waals surface area contributed by atoms with E-state index in [-0.39, 0.29) is 18.1 Å². The quantitative estimate of drug-likeness (QED) is 0.446. The second-order valence-corrected chi connectivity index (χ2v) is 11.1. The van der Waals surface area contributed by atoms with Gasteiger partial charge in [0.2, 0.25) is 0 Å². The van der Waals surface area contributed by atoms with Gasteiger partial charge >= 0.3 is 5.97 Å². The molecule has 0 bridgehead atoms. The fourth-order valence-corrected chi connectivity index (χ4v) is 4.62. The number of aliphatic hydroxyl groups excluding tert-OH is 2. The molecule has 0 radical (unpaired) electrons. The summed E-state index contributed by atoms with van der Waals surface area (Å²) in [5.41, 5.74) is 1.57. The van der Waals surface area contributed by atoms with Gasteiger partial charge in [-0.25, -0.2) is 4.98 Å². The maximum absolute atomic E-state index is 13.1. The molecule has 2 heterocycles. The SMILES string of the molecule is C/C1=C/CC(/C(C)=C/c2csc(C)n2)OC(=O)CC(O)C(C)(C)C(=O)C(C)C(O)C(C)/C=C\C1. The first-order chi connectivity index (χ1) is 15.8. The van der Waals surface area contributed by atoms with Crippen molar-refractivity contribution < 1.29 is 24.5 Å². The summed E-state index contributed by atoms with van der Waals surface area (Å²) in [6, 6.07) is 0. The van der Waals surface area contributed by atoms with E-state index in [0.717, 1.165) is 21.8 Å². The van der Waals surface area contributed by atoms with E-state index in [9.17, 15) is 19.8 Å². The van der Waals surface area contributed by atoms with Gasteiger partial charge in [-0.05, 0) is 38.8 Å². The number of aryl methyl sites for hydroxylation is 1. The summed E-state index contributed by atoms with van der Waals surface area (Å²) in [5, 5.41) is 24.4. The molecule has 0 fully saturated rings. The largest absolute Gasteiger partial charge is 0.457 e. The molecule has 0 saturated heterocycles. The molecule has 188 valence electrons. The van der Waals surface area contributed by atoms with Crippen molar-refractivity contribution in [2.75, 3.05) is 0 Å². The second-order valence-electron chi connectivity index (χ2n) is 10.0. The number of carbonyl (C=O) groups excluding carboxylic acids is 2. The van der Waals surface area contributed by atoms with Gasteiger partial charge in [0.05, 0.1) is 34.7 Å². The van der Waals surface area contributed by atoms with E-state index in [2.05, 4.69) is 4.98 Å². The standard InChI is InChI=1S/C27H39NO5S/c1-16-9-8-10-17(2)25(31)19(4)26(32)27(6,7)23(29)14-24(30)33-22(12-11-16)18(3)13-21-15-34-20(5)28-21/h8,10-11,13,15,17,19,22-23,25,29,31H,9,12,14H2,1-7H3/b10-8-,16-11-,18-13+. The molecule has 1 aliphatic rings. The van der Waals surface area contributed by atoms with E-state index < -0.39 is 35.6 Å². The first-order valence-electron chi connectivity index (χ1n) is 11.9. The van der Waals surface area contributed by atoms with E-state index in [0.29, 0.717) is 12.8 Å². The fourth-order valence-electron chi connectivity index (χ4n) is 4.05. The van der Waals surface area contributed by atoms with Crippen LogP contribution in [-0.2, 0) is 14.3 Å². The number of esters is 1. The lowest BCUT2D eigenvalue weighted by atomic mass is 9.73. The first-order valence-corrected chi connectivity index (χ1v) is 12.7. The van der Waals surface area contributed by atoms with Crippen LogP contribution in [0.5, 0.6) is 0 Å². The Morgan fingerprint density at radius 3 is 2.53 bits per heavy atom. The Labute approximate surface area is 207 Å². The molecule has 5 atom stereocenters. The number of nitrogens with zero attached hydrogens (tertiary/aromatic N) is 1. The maximum atomic E-state index is 13.1. The molecule has 0 aliphatic carbocycles. The smallest absolute Gasteiger partial charge is 0.309 e. The number of cyclic esters (lactones) is 1. The number of ether oxygens (including phenoxy) is 1. The highest BCUT2D eigenvalue weighted by Gasteiger charge is 2.42. The molecule has 1 aromatic rings. The highest BCUT2D eigenvalue weighted by atomic mass is 32.1. The number of hydrogen-bond acceptors (Lipinski definition) is 7. The third-order valence-electron chi connectivity index (χ3n) is 6.65. The molecule has 2 rings (SSSR count). The zero-order chi connectivity index (χ0) is 25.6. The fraction of sp³-hybridized carbons (Fsp3) is 0.593. The Bertz CT molecular complexity index is 958. The van der Waals surface area contributed by atoms with E-state index >= 15 is 0 Å². The Morgan fingerprint density at radius 2 is 1.91 bits per heavy atom. The van der Waals surface area contributed by atoms with Crippen LogP contribution in [-0.4, -0.2) is 45.3 Å². The van der Waals surface area contributed by atoms with Crippen molar-refractivity contribution in [2.45, 2.75) is 86.0 Å². The predicted octanol–water partition coefficient (Wildman–Crippen LogP) is 5.04. The molecule has 7 heteroatoms. The van der Waals surface area contributed by atoms with Crippen LogP contribution >= 0.6 is 11.3 Å². The summed E-state index contributed by atoms with van der Waals surface area (Å²) in [7, 11) is 0. The number of aromatic nitrogens is 1. The van der Waals surface area contributed by atoms with Crippen molar-refractivity contribution in [1.29, 1.82) is 0 Å². The Morgan fingerprint density at radius 1 is 1.24 bits per heavy atom. The first kappa shape index (κ1) is 28.1. The summed E-state index contributed by atoms with van der Waals surface area (Å²) in [5.74, 6) is -1.77. The number of hydrogen-bond donors (Lipinski definition) is 2. The molecule has 34 heavy (non-hydrogen) atoms.